The lowest BCUT2D eigenvalue weighted by molar-refractivity contribution is 0.415. The molecule has 0 fully saturated rings. The molecule has 0 spiro atoms. The van der Waals surface area contributed by atoms with Gasteiger partial charge in [0.1, 0.15) is 5.75 Å². The van der Waals surface area contributed by atoms with Crippen molar-refractivity contribution in [2.24, 2.45) is 11.7 Å². The predicted octanol–water partition coefficient (Wildman–Crippen LogP) is 5.62. The lowest BCUT2D eigenvalue weighted by atomic mass is 9.96. The van der Waals surface area contributed by atoms with Crippen LogP contribution < -0.4 is 10.5 Å². The van der Waals surface area contributed by atoms with Crippen LogP contribution in [0.5, 0.6) is 5.75 Å². The number of benzene rings is 2. The number of rotatable bonds is 7. The molecule has 3 nitrogen and oxygen atoms in total. The van der Waals surface area contributed by atoms with E-state index in [0.29, 0.717) is 10.9 Å². The highest BCUT2D eigenvalue weighted by molar-refractivity contribution is 9.10. The zero-order valence-electron chi connectivity index (χ0n) is 16.0. The average molecular weight is 445 g/mol. The van der Waals surface area contributed by atoms with Gasteiger partial charge in [-0.15, -0.1) is 0 Å². The van der Waals surface area contributed by atoms with Crippen molar-refractivity contribution >= 4 is 44.0 Å². The van der Waals surface area contributed by atoms with Gasteiger partial charge in [-0.2, -0.15) is 0 Å². The maximum Gasteiger partial charge on any atom is 0.119 e. The molecule has 0 aliphatic heterocycles. The van der Waals surface area contributed by atoms with E-state index in [2.05, 4.69) is 70.7 Å². The van der Waals surface area contributed by atoms with E-state index in [1.165, 1.54) is 27.7 Å². The number of methoxy groups -OCH3 is 1. The van der Waals surface area contributed by atoms with Crippen LogP contribution in [0.15, 0.2) is 46.9 Å². The van der Waals surface area contributed by atoms with Crippen LogP contribution in [0.2, 0.25) is 0 Å². The fourth-order valence-electron chi connectivity index (χ4n) is 3.66. The second-order valence-corrected chi connectivity index (χ2v) is 8.58. The molecular formula is C22H25BrN2OS. The van der Waals surface area contributed by atoms with Crippen LogP contribution in [0.3, 0.4) is 0 Å². The number of halogens is 1. The van der Waals surface area contributed by atoms with Crippen molar-refractivity contribution in [2.75, 3.05) is 7.11 Å². The summed E-state index contributed by atoms with van der Waals surface area (Å²) in [5.41, 5.74) is 10.9. The first kappa shape index (κ1) is 19.9. The van der Waals surface area contributed by atoms with E-state index < -0.39 is 0 Å². The van der Waals surface area contributed by atoms with Gasteiger partial charge in [0.15, 0.2) is 0 Å². The third-order valence-corrected chi connectivity index (χ3v) is 5.71. The fraction of sp³-hybridized carbons (Fsp3) is 0.318. The molecule has 1 atom stereocenters. The standard InChI is InChI=1S/C22H25BrN2OS/c1-14(11-22(24)27)10-19-15(2)25(13-16-4-6-17(23)7-5-16)21-9-8-18(26-3)12-20(19)21/h4-9,12,14H,10-11,13H2,1-3H3,(H2,24,27). The van der Waals surface area contributed by atoms with Crippen LogP contribution in [-0.2, 0) is 13.0 Å². The van der Waals surface area contributed by atoms with Crippen molar-refractivity contribution in [3.63, 3.8) is 0 Å². The first-order valence-corrected chi connectivity index (χ1v) is 10.3. The second-order valence-electron chi connectivity index (χ2n) is 7.14. The average Bonchev–Trinajstić information content (AvgIpc) is 2.88. The molecule has 1 unspecified atom stereocenters. The smallest absolute Gasteiger partial charge is 0.119 e. The maximum absolute atomic E-state index is 5.77. The quantitative estimate of drug-likeness (QED) is 0.480. The van der Waals surface area contributed by atoms with E-state index in [1.54, 1.807) is 7.11 Å². The molecule has 1 aromatic heterocycles. The summed E-state index contributed by atoms with van der Waals surface area (Å²) >= 11 is 8.62. The highest BCUT2D eigenvalue weighted by atomic mass is 79.9. The summed E-state index contributed by atoms with van der Waals surface area (Å²) in [6, 6.07) is 14.8. The Bertz CT molecular complexity index is 963. The summed E-state index contributed by atoms with van der Waals surface area (Å²) in [4.78, 5) is 0.580. The summed E-state index contributed by atoms with van der Waals surface area (Å²) in [6.07, 6.45) is 1.71. The summed E-state index contributed by atoms with van der Waals surface area (Å²) in [5, 5.41) is 1.25. The molecule has 2 aromatic carbocycles. The summed E-state index contributed by atoms with van der Waals surface area (Å²) < 4.78 is 8.96. The first-order chi connectivity index (χ1) is 12.9. The van der Waals surface area contributed by atoms with Gasteiger partial charge in [0.05, 0.1) is 12.1 Å². The predicted molar refractivity (Wildman–Crippen MR) is 121 cm³/mol. The zero-order valence-corrected chi connectivity index (χ0v) is 18.4. The summed E-state index contributed by atoms with van der Waals surface area (Å²) in [5.74, 6) is 1.28. The van der Waals surface area contributed by atoms with Crippen molar-refractivity contribution in [1.82, 2.24) is 4.57 Å². The Morgan fingerprint density at radius 2 is 1.93 bits per heavy atom. The van der Waals surface area contributed by atoms with Crippen molar-refractivity contribution < 1.29 is 4.74 Å². The van der Waals surface area contributed by atoms with Crippen molar-refractivity contribution in [1.29, 1.82) is 0 Å². The van der Waals surface area contributed by atoms with Gasteiger partial charge in [0, 0.05) is 34.0 Å². The second kappa shape index (κ2) is 8.44. The van der Waals surface area contributed by atoms with Crippen LogP contribution in [0.1, 0.15) is 30.2 Å². The molecule has 1 heterocycles. The Hall–Kier alpha value is -1.85. The topological polar surface area (TPSA) is 40.2 Å². The Kier molecular flexibility index (Phi) is 6.22. The zero-order chi connectivity index (χ0) is 19.6. The van der Waals surface area contributed by atoms with Crippen LogP contribution in [-0.4, -0.2) is 16.7 Å². The molecule has 3 aromatic rings. The Morgan fingerprint density at radius 3 is 2.56 bits per heavy atom. The van der Waals surface area contributed by atoms with Gasteiger partial charge in [0.25, 0.3) is 0 Å². The van der Waals surface area contributed by atoms with E-state index in [4.69, 9.17) is 22.7 Å². The molecule has 0 amide bonds. The molecule has 0 radical (unpaired) electrons. The number of aromatic nitrogens is 1. The molecule has 142 valence electrons. The number of fused-ring (bicyclic) bond motifs is 1. The van der Waals surface area contributed by atoms with Crippen molar-refractivity contribution in [3.05, 3.63) is 63.8 Å². The minimum absolute atomic E-state index is 0.402. The van der Waals surface area contributed by atoms with Crippen LogP contribution in [0, 0.1) is 12.8 Å². The van der Waals surface area contributed by atoms with Gasteiger partial charge >= 0.3 is 0 Å². The highest BCUT2D eigenvalue weighted by Crippen LogP contribution is 2.32. The monoisotopic (exact) mass is 444 g/mol. The van der Waals surface area contributed by atoms with Crippen LogP contribution in [0.25, 0.3) is 10.9 Å². The van der Waals surface area contributed by atoms with E-state index in [0.717, 1.165) is 29.6 Å². The number of nitrogens with two attached hydrogens (primary N) is 1. The lowest BCUT2D eigenvalue weighted by Gasteiger charge is -2.12. The fourth-order valence-corrected chi connectivity index (χ4v) is 4.20. The minimum atomic E-state index is 0.402. The highest BCUT2D eigenvalue weighted by Gasteiger charge is 2.17. The third-order valence-electron chi connectivity index (χ3n) is 5.02. The van der Waals surface area contributed by atoms with Crippen molar-refractivity contribution in [3.8, 4) is 5.75 Å². The number of ether oxygens (including phenoxy) is 1. The molecule has 3 rings (SSSR count). The normalized spacial score (nSPS) is 12.3. The molecule has 2 N–H and O–H groups in total. The van der Waals surface area contributed by atoms with Crippen LogP contribution >= 0.6 is 28.1 Å². The molecule has 0 saturated carbocycles. The summed E-state index contributed by atoms with van der Waals surface area (Å²) in [6.45, 7) is 5.25. The van der Waals surface area contributed by atoms with Gasteiger partial charge in [0.2, 0.25) is 0 Å². The van der Waals surface area contributed by atoms with Gasteiger partial charge in [-0.25, -0.2) is 0 Å². The molecule has 27 heavy (non-hydrogen) atoms. The number of hydrogen-bond donors (Lipinski definition) is 1. The largest absolute Gasteiger partial charge is 0.497 e. The SMILES string of the molecule is COc1ccc2c(c1)c(CC(C)CC(N)=S)c(C)n2Cc1ccc(Br)cc1. The Labute approximate surface area is 174 Å². The summed E-state index contributed by atoms with van der Waals surface area (Å²) in [7, 11) is 1.71. The lowest BCUT2D eigenvalue weighted by Crippen LogP contribution is -2.14. The van der Waals surface area contributed by atoms with E-state index >= 15 is 0 Å². The molecule has 0 bridgehead atoms. The first-order valence-electron chi connectivity index (χ1n) is 9.07. The number of thiocarbonyl (C=S) groups is 1. The van der Waals surface area contributed by atoms with Gasteiger partial charge in [-0.3, -0.25) is 0 Å². The van der Waals surface area contributed by atoms with E-state index in [9.17, 15) is 0 Å². The Morgan fingerprint density at radius 1 is 1.22 bits per heavy atom. The molecular weight excluding hydrogens is 420 g/mol. The maximum atomic E-state index is 5.77. The molecule has 0 aliphatic carbocycles. The molecule has 0 aliphatic rings. The third kappa shape index (κ3) is 4.53. The van der Waals surface area contributed by atoms with Crippen LogP contribution in [0.4, 0.5) is 0 Å². The van der Waals surface area contributed by atoms with Gasteiger partial charge in [-0.1, -0.05) is 47.2 Å². The van der Waals surface area contributed by atoms with E-state index in [1.807, 2.05) is 6.07 Å². The molecule has 0 saturated heterocycles. The minimum Gasteiger partial charge on any atom is -0.497 e. The number of nitrogens with zero attached hydrogens (tertiary/aromatic N) is 1. The van der Waals surface area contributed by atoms with E-state index in [-0.39, 0.29) is 0 Å². The Balaban J connectivity index is 2.06. The van der Waals surface area contributed by atoms with Crippen molar-refractivity contribution in [2.45, 2.75) is 33.2 Å². The van der Waals surface area contributed by atoms with Gasteiger partial charge in [-0.05, 0) is 60.7 Å². The molecule has 5 heteroatoms. The number of hydrogen-bond acceptors (Lipinski definition) is 2. The van der Waals surface area contributed by atoms with Gasteiger partial charge < -0.3 is 15.0 Å².